The molecule has 0 N–H and O–H groups in total. The molecule has 0 amide bonds. The molecule has 2 aromatic carbocycles. The number of aryl methyl sites for hydroxylation is 1. The Morgan fingerprint density at radius 2 is 1.73 bits per heavy atom. The summed E-state index contributed by atoms with van der Waals surface area (Å²) < 4.78 is 0. The van der Waals surface area contributed by atoms with E-state index in [0.717, 1.165) is 11.1 Å². The summed E-state index contributed by atoms with van der Waals surface area (Å²) in [5.41, 5.74) is 3.41. The van der Waals surface area contributed by atoms with Crippen molar-refractivity contribution in [1.29, 1.82) is 0 Å². The molecular weight excluding hydrogens is 341 g/mol. The van der Waals surface area contributed by atoms with Gasteiger partial charge in [-0.05, 0) is 54.4 Å². The lowest BCUT2D eigenvalue weighted by Gasteiger charge is -2.09. The van der Waals surface area contributed by atoms with E-state index in [4.69, 9.17) is 34.8 Å². The minimum absolute atomic E-state index is 0.413. The summed E-state index contributed by atoms with van der Waals surface area (Å²) in [7, 11) is 0. The second kappa shape index (κ2) is 5.88. The van der Waals surface area contributed by atoms with Crippen LogP contribution in [-0.4, -0.2) is 10.2 Å². The topological polar surface area (TPSA) is 30.0 Å². The number of carbonyl (C=O) groups excluding carboxylic acids is 1. The van der Waals surface area contributed by atoms with Crippen LogP contribution >= 0.6 is 34.8 Å². The Kier molecular flexibility index (Phi) is 4.09. The Hall–Kier alpha value is -1.61. The van der Waals surface area contributed by atoms with Crippen molar-refractivity contribution >= 4 is 50.9 Å². The lowest BCUT2D eigenvalue weighted by Crippen LogP contribution is -1.96. The Morgan fingerprint density at radius 3 is 2.36 bits per heavy atom. The molecule has 0 aliphatic carbocycles. The monoisotopic (exact) mass is 349 g/mol. The number of rotatable bonds is 2. The Morgan fingerprint density at radius 1 is 1.05 bits per heavy atom. The van der Waals surface area contributed by atoms with Gasteiger partial charge in [0.1, 0.15) is 0 Å². The third-order valence-electron chi connectivity index (χ3n) is 3.44. The van der Waals surface area contributed by atoms with E-state index >= 15 is 0 Å². The second-order valence-corrected chi connectivity index (χ2v) is 6.14. The fourth-order valence-electron chi connectivity index (χ4n) is 2.29. The highest BCUT2D eigenvalue weighted by Crippen LogP contribution is 2.30. The second-order valence-electron chi connectivity index (χ2n) is 4.95. The molecule has 0 saturated carbocycles. The van der Waals surface area contributed by atoms with Gasteiger partial charge in [-0.15, -0.1) is 0 Å². The molecule has 3 rings (SSSR count). The van der Waals surface area contributed by atoms with Crippen molar-refractivity contribution in [2.45, 2.75) is 6.92 Å². The largest absolute Gasteiger partial charge is 0.276 e. The highest BCUT2D eigenvalue weighted by atomic mass is 35.5. The molecule has 22 heavy (non-hydrogen) atoms. The normalized spacial score (nSPS) is 10.9. The minimum Gasteiger partial charge on any atom is -0.276 e. The summed E-state index contributed by atoms with van der Waals surface area (Å²) in [5.74, 6) is 0. The first-order chi connectivity index (χ1) is 10.5. The zero-order chi connectivity index (χ0) is 15.9. The molecule has 0 fully saturated rings. The standard InChI is InChI=1S/C17H10Cl3NO/c1-9-6-12-13(17(20)22)7-15(21-16(12)8-14(9)19)10-2-4-11(18)5-3-10/h2-8H,1H3. The Labute approximate surface area is 142 Å². The van der Waals surface area contributed by atoms with E-state index < -0.39 is 5.24 Å². The average molecular weight is 351 g/mol. The van der Waals surface area contributed by atoms with Crippen LogP contribution in [0.5, 0.6) is 0 Å². The lowest BCUT2D eigenvalue weighted by molar-refractivity contribution is 0.108. The van der Waals surface area contributed by atoms with Crippen LogP contribution in [0.1, 0.15) is 15.9 Å². The van der Waals surface area contributed by atoms with E-state index in [0.29, 0.717) is 32.2 Å². The summed E-state index contributed by atoms with van der Waals surface area (Å²) in [5, 5.41) is 1.40. The van der Waals surface area contributed by atoms with Gasteiger partial charge in [-0.3, -0.25) is 4.79 Å². The third kappa shape index (κ3) is 2.82. The molecule has 3 aromatic rings. The zero-order valence-electron chi connectivity index (χ0n) is 11.5. The molecule has 0 aliphatic heterocycles. The number of carbonyl (C=O) groups is 1. The molecule has 0 bridgehead atoms. The smallest absolute Gasteiger partial charge is 0.253 e. The summed E-state index contributed by atoms with van der Waals surface area (Å²) in [6.07, 6.45) is 0. The quantitative estimate of drug-likeness (QED) is 0.539. The van der Waals surface area contributed by atoms with Crippen molar-refractivity contribution in [3.05, 3.63) is 63.6 Å². The molecule has 110 valence electrons. The molecule has 0 radical (unpaired) electrons. The predicted octanol–water partition coefficient (Wildman–Crippen LogP) is 5.90. The number of aromatic nitrogens is 1. The van der Waals surface area contributed by atoms with E-state index in [-0.39, 0.29) is 0 Å². The van der Waals surface area contributed by atoms with Crippen LogP contribution in [0.15, 0.2) is 42.5 Å². The van der Waals surface area contributed by atoms with Crippen molar-refractivity contribution < 1.29 is 4.79 Å². The SMILES string of the molecule is Cc1cc2c(C(=O)Cl)cc(-c3ccc(Cl)cc3)nc2cc1Cl. The molecule has 5 heteroatoms. The molecule has 2 nitrogen and oxygen atoms in total. The molecule has 0 spiro atoms. The van der Waals surface area contributed by atoms with Crippen molar-refractivity contribution in [2.24, 2.45) is 0 Å². The van der Waals surface area contributed by atoms with E-state index in [1.54, 1.807) is 24.3 Å². The highest BCUT2D eigenvalue weighted by Gasteiger charge is 2.13. The van der Waals surface area contributed by atoms with Crippen LogP contribution in [-0.2, 0) is 0 Å². The van der Waals surface area contributed by atoms with E-state index in [9.17, 15) is 4.79 Å². The number of fused-ring (bicyclic) bond motifs is 1. The minimum atomic E-state index is -0.524. The van der Waals surface area contributed by atoms with Crippen molar-refractivity contribution in [2.75, 3.05) is 0 Å². The Balaban J connectivity index is 2.31. The molecule has 0 atom stereocenters. The van der Waals surface area contributed by atoms with Gasteiger partial charge in [-0.25, -0.2) is 4.98 Å². The average Bonchev–Trinajstić information content (AvgIpc) is 2.48. The maximum atomic E-state index is 11.8. The zero-order valence-corrected chi connectivity index (χ0v) is 13.8. The lowest BCUT2D eigenvalue weighted by atomic mass is 10.0. The van der Waals surface area contributed by atoms with Gasteiger partial charge in [-0.1, -0.05) is 35.3 Å². The first-order valence-electron chi connectivity index (χ1n) is 6.52. The third-order valence-corrected chi connectivity index (χ3v) is 4.30. The molecule has 0 aliphatic rings. The van der Waals surface area contributed by atoms with E-state index in [1.165, 1.54) is 0 Å². The molecule has 0 unspecified atom stereocenters. The molecule has 1 heterocycles. The number of benzene rings is 2. The van der Waals surface area contributed by atoms with Gasteiger partial charge in [0.15, 0.2) is 0 Å². The summed E-state index contributed by atoms with van der Waals surface area (Å²) in [4.78, 5) is 16.4. The number of pyridine rings is 1. The van der Waals surface area contributed by atoms with Crippen molar-refractivity contribution in [3.63, 3.8) is 0 Å². The van der Waals surface area contributed by atoms with Gasteiger partial charge < -0.3 is 0 Å². The van der Waals surface area contributed by atoms with Gasteiger partial charge in [0, 0.05) is 26.6 Å². The number of nitrogens with zero attached hydrogens (tertiary/aromatic N) is 1. The fourth-order valence-corrected chi connectivity index (χ4v) is 2.73. The molecule has 1 aromatic heterocycles. The van der Waals surface area contributed by atoms with E-state index in [1.807, 2.05) is 25.1 Å². The van der Waals surface area contributed by atoms with Gasteiger partial charge in [0.05, 0.1) is 11.2 Å². The van der Waals surface area contributed by atoms with Crippen LogP contribution in [0.4, 0.5) is 0 Å². The van der Waals surface area contributed by atoms with Crippen LogP contribution < -0.4 is 0 Å². The van der Waals surface area contributed by atoms with Crippen LogP contribution in [0.25, 0.3) is 22.2 Å². The predicted molar refractivity (Wildman–Crippen MR) is 92.1 cm³/mol. The Bertz CT molecular complexity index is 889. The van der Waals surface area contributed by atoms with Gasteiger partial charge >= 0.3 is 0 Å². The summed E-state index contributed by atoms with van der Waals surface area (Å²) in [6.45, 7) is 1.87. The van der Waals surface area contributed by atoms with Gasteiger partial charge in [0.2, 0.25) is 0 Å². The number of hydrogen-bond acceptors (Lipinski definition) is 2. The highest BCUT2D eigenvalue weighted by molar-refractivity contribution is 6.68. The van der Waals surface area contributed by atoms with Gasteiger partial charge in [0.25, 0.3) is 5.24 Å². The summed E-state index contributed by atoms with van der Waals surface area (Å²) >= 11 is 17.8. The van der Waals surface area contributed by atoms with Crippen molar-refractivity contribution in [1.82, 2.24) is 4.98 Å². The first kappa shape index (κ1) is 15.3. The van der Waals surface area contributed by atoms with Crippen molar-refractivity contribution in [3.8, 4) is 11.3 Å². The molecular formula is C17H10Cl3NO. The van der Waals surface area contributed by atoms with Crippen LogP contribution in [0.2, 0.25) is 10.0 Å². The van der Waals surface area contributed by atoms with Crippen LogP contribution in [0.3, 0.4) is 0 Å². The maximum absolute atomic E-state index is 11.8. The number of halogens is 3. The first-order valence-corrected chi connectivity index (χ1v) is 7.66. The number of hydrogen-bond donors (Lipinski definition) is 0. The summed E-state index contributed by atoms with van der Waals surface area (Å²) in [6, 6.07) is 12.5. The molecule has 0 saturated heterocycles. The van der Waals surface area contributed by atoms with E-state index in [2.05, 4.69) is 4.98 Å². The van der Waals surface area contributed by atoms with Gasteiger partial charge in [-0.2, -0.15) is 0 Å². The maximum Gasteiger partial charge on any atom is 0.253 e. The fraction of sp³-hybridized carbons (Fsp3) is 0.0588. The van der Waals surface area contributed by atoms with Crippen LogP contribution in [0, 0.1) is 6.92 Å².